The summed E-state index contributed by atoms with van der Waals surface area (Å²) in [6.45, 7) is 5.63. The molecule has 2 heterocycles. The SMILES string of the molecule is CC(C)(C)OC1CCN(c2c(F)cc3c(=O)c(C(=O)O)cn(C4CC4)c3c2F)C1N=C=O. The van der Waals surface area contributed by atoms with Gasteiger partial charge in [-0.25, -0.2) is 18.4 Å². The largest absolute Gasteiger partial charge is 0.477 e. The highest BCUT2D eigenvalue weighted by atomic mass is 19.1. The summed E-state index contributed by atoms with van der Waals surface area (Å²) in [6.07, 6.45) is 2.74. The summed E-state index contributed by atoms with van der Waals surface area (Å²) in [4.78, 5) is 40.3. The molecule has 4 rings (SSSR count). The van der Waals surface area contributed by atoms with Gasteiger partial charge >= 0.3 is 5.97 Å². The van der Waals surface area contributed by atoms with Crippen LogP contribution in [0.3, 0.4) is 0 Å². The Labute approximate surface area is 182 Å². The van der Waals surface area contributed by atoms with Crippen LogP contribution >= 0.6 is 0 Å². The van der Waals surface area contributed by atoms with Crippen molar-refractivity contribution in [2.45, 2.75) is 63.9 Å². The first-order chi connectivity index (χ1) is 15.0. The second-order valence-corrected chi connectivity index (χ2v) is 9.12. The zero-order valence-electron chi connectivity index (χ0n) is 17.9. The number of rotatable bonds is 5. The van der Waals surface area contributed by atoms with Crippen molar-refractivity contribution in [2.24, 2.45) is 4.99 Å². The number of benzene rings is 1. The number of carboxylic acid groups (broad SMARTS) is 1. The maximum absolute atomic E-state index is 15.9. The molecule has 1 aliphatic carbocycles. The van der Waals surface area contributed by atoms with E-state index in [2.05, 4.69) is 4.99 Å². The Kier molecular flexibility index (Phi) is 5.38. The lowest BCUT2D eigenvalue weighted by Crippen LogP contribution is -2.39. The van der Waals surface area contributed by atoms with Gasteiger partial charge in [-0.1, -0.05) is 0 Å². The van der Waals surface area contributed by atoms with Gasteiger partial charge in [-0.15, -0.1) is 0 Å². The molecule has 1 aromatic carbocycles. The Bertz CT molecular complexity index is 1210. The molecular weight excluding hydrogens is 424 g/mol. The van der Waals surface area contributed by atoms with Crippen molar-refractivity contribution in [2.75, 3.05) is 11.4 Å². The van der Waals surface area contributed by atoms with Gasteiger partial charge in [0.25, 0.3) is 0 Å². The first-order valence-electron chi connectivity index (χ1n) is 10.3. The maximum atomic E-state index is 15.9. The molecule has 1 saturated heterocycles. The van der Waals surface area contributed by atoms with Gasteiger partial charge in [0.05, 0.1) is 16.5 Å². The van der Waals surface area contributed by atoms with Crippen LogP contribution in [0.15, 0.2) is 22.1 Å². The van der Waals surface area contributed by atoms with E-state index in [1.54, 1.807) is 0 Å². The van der Waals surface area contributed by atoms with Crippen LogP contribution in [0.4, 0.5) is 14.5 Å². The summed E-state index contributed by atoms with van der Waals surface area (Å²) in [5.41, 5.74) is -2.66. The summed E-state index contributed by atoms with van der Waals surface area (Å²) in [5.74, 6) is -3.50. The van der Waals surface area contributed by atoms with Crippen LogP contribution in [0.5, 0.6) is 0 Å². The number of nitrogens with zero attached hydrogens (tertiary/aromatic N) is 3. The lowest BCUT2D eigenvalue weighted by atomic mass is 10.1. The van der Waals surface area contributed by atoms with E-state index in [0.717, 1.165) is 12.3 Å². The van der Waals surface area contributed by atoms with Crippen molar-refractivity contribution in [1.82, 2.24) is 4.57 Å². The highest BCUT2D eigenvalue weighted by Crippen LogP contribution is 2.41. The highest BCUT2D eigenvalue weighted by molar-refractivity contribution is 5.94. The van der Waals surface area contributed by atoms with Gasteiger partial charge in [0.1, 0.15) is 23.2 Å². The van der Waals surface area contributed by atoms with Crippen LogP contribution in [0.2, 0.25) is 0 Å². The molecule has 1 aliphatic heterocycles. The summed E-state index contributed by atoms with van der Waals surface area (Å²) in [7, 11) is 0. The Morgan fingerprint density at radius 3 is 2.53 bits per heavy atom. The van der Waals surface area contributed by atoms with Gasteiger partial charge in [0, 0.05) is 18.8 Å². The topological polar surface area (TPSA) is 101 Å². The fourth-order valence-corrected chi connectivity index (χ4v) is 4.26. The fourth-order valence-electron chi connectivity index (χ4n) is 4.26. The number of fused-ring (bicyclic) bond motifs is 1. The quantitative estimate of drug-likeness (QED) is 0.557. The van der Waals surface area contributed by atoms with Crippen LogP contribution in [-0.2, 0) is 9.53 Å². The van der Waals surface area contributed by atoms with E-state index in [4.69, 9.17) is 4.74 Å². The van der Waals surface area contributed by atoms with Gasteiger partial charge in [0.2, 0.25) is 11.5 Å². The van der Waals surface area contributed by atoms with E-state index in [0.29, 0.717) is 19.3 Å². The third kappa shape index (κ3) is 3.80. The molecule has 2 aromatic rings. The van der Waals surface area contributed by atoms with Crippen molar-refractivity contribution < 1.29 is 28.2 Å². The van der Waals surface area contributed by atoms with Crippen molar-refractivity contribution in [1.29, 1.82) is 0 Å². The second-order valence-electron chi connectivity index (χ2n) is 9.12. The number of carbonyl (C=O) groups is 1. The molecule has 0 amide bonds. The summed E-state index contributed by atoms with van der Waals surface area (Å²) in [5, 5.41) is 9.02. The lowest BCUT2D eigenvalue weighted by Gasteiger charge is -2.30. The number of aromatic carboxylic acids is 1. The number of halogens is 2. The van der Waals surface area contributed by atoms with Crippen LogP contribution in [0, 0.1) is 11.6 Å². The Morgan fingerprint density at radius 1 is 1.28 bits per heavy atom. The number of hydrogen-bond donors (Lipinski definition) is 1. The van der Waals surface area contributed by atoms with E-state index in [9.17, 15) is 19.5 Å². The molecule has 0 radical (unpaired) electrons. The predicted octanol–water partition coefficient (Wildman–Crippen LogP) is 3.37. The van der Waals surface area contributed by atoms with Gasteiger partial charge < -0.3 is 19.3 Å². The molecular formula is C22H23F2N3O5. The molecule has 0 spiro atoms. The normalized spacial score (nSPS) is 21.1. The lowest BCUT2D eigenvalue weighted by molar-refractivity contribution is -0.0611. The molecule has 2 aliphatic rings. The molecule has 170 valence electrons. The van der Waals surface area contributed by atoms with Crippen molar-refractivity contribution in [3.8, 4) is 0 Å². The van der Waals surface area contributed by atoms with E-state index < -0.39 is 52.2 Å². The fraction of sp³-hybridized carbons (Fsp3) is 0.500. The van der Waals surface area contributed by atoms with Gasteiger partial charge in [-0.05, 0) is 46.1 Å². The number of hydrogen-bond acceptors (Lipinski definition) is 6. The number of ether oxygens (including phenoxy) is 1. The number of anilines is 1. The van der Waals surface area contributed by atoms with Crippen molar-refractivity contribution in [3.05, 3.63) is 39.7 Å². The number of carbonyl (C=O) groups excluding carboxylic acids is 1. The monoisotopic (exact) mass is 447 g/mol. The molecule has 8 nitrogen and oxygen atoms in total. The molecule has 10 heteroatoms. The average molecular weight is 447 g/mol. The first kappa shape index (κ1) is 22.1. The highest BCUT2D eigenvalue weighted by Gasteiger charge is 2.41. The molecule has 1 N–H and O–H groups in total. The smallest absolute Gasteiger partial charge is 0.341 e. The van der Waals surface area contributed by atoms with Crippen LogP contribution < -0.4 is 10.3 Å². The minimum Gasteiger partial charge on any atom is -0.477 e. The molecule has 32 heavy (non-hydrogen) atoms. The number of carboxylic acids is 1. The first-order valence-corrected chi connectivity index (χ1v) is 10.3. The Morgan fingerprint density at radius 2 is 1.97 bits per heavy atom. The summed E-state index contributed by atoms with van der Waals surface area (Å²) in [6, 6.07) is 0.685. The molecule has 2 fully saturated rings. The Balaban J connectivity index is 1.91. The van der Waals surface area contributed by atoms with Gasteiger partial charge in [-0.3, -0.25) is 4.79 Å². The van der Waals surface area contributed by atoms with Crippen LogP contribution in [0.1, 0.15) is 56.4 Å². The summed E-state index contributed by atoms with van der Waals surface area (Å²) >= 11 is 0. The Hall–Kier alpha value is -3.10. The number of isocyanates is 1. The van der Waals surface area contributed by atoms with E-state index >= 15 is 8.78 Å². The van der Waals surface area contributed by atoms with Crippen molar-refractivity contribution in [3.63, 3.8) is 0 Å². The van der Waals surface area contributed by atoms with Crippen LogP contribution in [0.25, 0.3) is 10.9 Å². The maximum Gasteiger partial charge on any atom is 0.341 e. The molecule has 1 saturated carbocycles. The summed E-state index contributed by atoms with van der Waals surface area (Å²) < 4.78 is 38.4. The van der Waals surface area contributed by atoms with E-state index in [-0.39, 0.29) is 23.5 Å². The zero-order chi connectivity index (χ0) is 23.4. The molecule has 2 unspecified atom stereocenters. The molecule has 0 bridgehead atoms. The number of aromatic nitrogens is 1. The van der Waals surface area contributed by atoms with Gasteiger partial charge in [0.15, 0.2) is 12.0 Å². The standard InChI is InChI=1S/C22H23F2N3O5/c1-22(2,3)32-15-6-7-26(20(15)25-10-28)18-14(23)8-12-17(16(18)24)27(11-4-5-11)9-13(19(12)29)21(30)31/h8-9,11,15,20H,4-7H2,1-3H3,(H,30,31). The van der Waals surface area contributed by atoms with E-state index in [1.165, 1.54) is 15.5 Å². The van der Waals surface area contributed by atoms with Crippen LogP contribution in [-0.4, -0.2) is 46.1 Å². The number of aliphatic imine (C=N–C) groups is 1. The second kappa shape index (κ2) is 7.79. The third-order valence-corrected chi connectivity index (χ3v) is 5.64. The molecule has 2 atom stereocenters. The van der Waals surface area contributed by atoms with E-state index in [1.807, 2.05) is 20.8 Å². The molecule has 1 aromatic heterocycles. The minimum atomic E-state index is -1.46. The zero-order valence-corrected chi connectivity index (χ0v) is 17.9. The minimum absolute atomic E-state index is 0.159. The third-order valence-electron chi connectivity index (χ3n) is 5.64. The average Bonchev–Trinajstić information content (AvgIpc) is 3.47. The van der Waals surface area contributed by atoms with Crippen molar-refractivity contribution >= 4 is 28.6 Å². The van der Waals surface area contributed by atoms with Gasteiger partial charge in [-0.2, -0.15) is 4.99 Å². The number of pyridine rings is 1. The predicted molar refractivity (Wildman–Crippen MR) is 112 cm³/mol.